The Kier molecular flexibility index (Phi) is 6.81. The summed E-state index contributed by atoms with van der Waals surface area (Å²) in [6, 6.07) is 0. The van der Waals surface area contributed by atoms with Gasteiger partial charge in [0.15, 0.2) is 0 Å². The number of rotatable bonds is 8. The third-order valence-corrected chi connectivity index (χ3v) is 5.61. The molecule has 0 atom stereocenters. The first-order valence-electron chi connectivity index (χ1n) is 5.61. The van der Waals surface area contributed by atoms with Crippen LogP contribution < -0.4 is 0 Å². The van der Waals surface area contributed by atoms with E-state index in [4.69, 9.17) is 8.85 Å². The average Bonchev–Trinajstić information content (AvgIpc) is 2.17. The van der Waals surface area contributed by atoms with Crippen LogP contribution >= 0.6 is 0 Å². The highest BCUT2D eigenvalue weighted by molar-refractivity contribution is 6.81. The first-order chi connectivity index (χ1) is 7.01. The molecular formula is C12H24O2Si. The molecule has 0 aromatic heterocycles. The lowest BCUT2D eigenvalue weighted by Gasteiger charge is -2.31. The van der Waals surface area contributed by atoms with Crippen molar-refractivity contribution in [1.29, 1.82) is 0 Å². The van der Waals surface area contributed by atoms with Crippen molar-refractivity contribution in [3.05, 3.63) is 23.6 Å². The summed E-state index contributed by atoms with van der Waals surface area (Å²) in [4.78, 5) is 0. The zero-order valence-electron chi connectivity index (χ0n) is 10.6. The molecule has 0 aromatic carbocycles. The topological polar surface area (TPSA) is 18.5 Å². The SMILES string of the molecule is C=C(C)[Si](OCCC)(OCCC)C(=C)C. The summed E-state index contributed by atoms with van der Waals surface area (Å²) in [6.45, 7) is 17.6. The predicted octanol–water partition coefficient (Wildman–Crippen LogP) is 3.51. The first-order valence-corrected chi connectivity index (χ1v) is 7.42. The summed E-state index contributed by atoms with van der Waals surface area (Å²) in [7, 11) is -2.38. The van der Waals surface area contributed by atoms with Crippen LogP contribution in [0, 0.1) is 0 Å². The second kappa shape index (κ2) is 6.98. The van der Waals surface area contributed by atoms with Gasteiger partial charge in [0.1, 0.15) is 0 Å². The molecular weight excluding hydrogens is 204 g/mol. The van der Waals surface area contributed by atoms with Gasteiger partial charge in [-0.1, -0.05) is 27.0 Å². The molecule has 0 radical (unpaired) electrons. The predicted molar refractivity (Wildman–Crippen MR) is 67.9 cm³/mol. The van der Waals surface area contributed by atoms with Gasteiger partial charge in [-0.25, -0.2) is 0 Å². The normalized spacial score (nSPS) is 11.5. The van der Waals surface area contributed by atoms with Gasteiger partial charge < -0.3 is 8.85 Å². The minimum Gasteiger partial charge on any atom is -0.388 e. The van der Waals surface area contributed by atoms with Crippen molar-refractivity contribution in [3.63, 3.8) is 0 Å². The van der Waals surface area contributed by atoms with Crippen LogP contribution in [0.15, 0.2) is 23.6 Å². The molecule has 0 aliphatic heterocycles. The second-order valence-electron chi connectivity index (χ2n) is 3.87. The molecule has 3 heteroatoms. The van der Waals surface area contributed by atoms with Crippen LogP contribution in [0.1, 0.15) is 40.5 Å². The maximum Gasteiger partial charge on any atom is 0.397 e. The van der Waals surface area contributed by atoms with Crippen LogP contribution in [0.4, 0.5) is 0 Å². The van der Waals surface area contributed by atoms with Gasteiger partial charge in [-0.3, -0.25) is 0 Å². The number of hydrogen-bond donors (Lipinski definition) is 0. The van der Waals surface area contributed by atoms with Crippen LogP contribution in [-0.4, -0.2) is 21.8 Å². The Morgan fingerprint density at radius 1 is 0.933 bits per heavy atom. The van der Waals surface area contributed by atoms with Crippen molar-refractivity contribution in [2.45, 2.75) is 40.5 Å². The monoisotopic (exact) mass is 228 g/mol. The summed E-state index contributed by atoms with van der Waals surface area (Å²) >= 11 is 0. The van der Waals surface area contributed by atoms with Gasteiger partial charge in [0.25, 0.3) is 0 Å². The minimum absolute atomic E-state index is 0.718. The van der Waals surface area contributed by atoms with Crippen LogP contribution in [-0.2, 0) is 8.85 Å². The van der Waals surface area contributed by atoms with Crippen molar-refractivity contribution in [3.8, 4) is 0 Å². The van der Waals surface area contributed by atoms with Crippen molar-refractivity contribution in [2.75, 3.05) is 13.2 Å². The smallest absolute Gasteiger partial charge is 0.388 e. The fourth-order valence-corrected chi connectivity index (χ4v) is 4.17. The molecule has 0 rings (SSSR count). The molecule has 0 bridgehead atoms. The minimum atomic E-state index is -2.38. The highest BCUT2D eigenvalue weighted by atomic mass is 28.4. The van der Waals surface area contributed by atoms with E-state index in [1.165, 1.54) is 0 Å². The molecule has 0 amide bonds. The molecule has 15 heavy (non-hydrogen) atoms. The maximum absolute atomic E-state index is 5.92. The Morgan fingerprint density at radius 2 is 1.27 bits per heavy atom. The Morgan fingerprint density at radius 3 is 1.47 bits per heavy atom. The van der Waals surface area contributed by atoms with E-state index in [-0.39, 0.29) is 0 Å². The average molecular weight is 228 g/mol. The Labute approximate surface area is 95.2 Å². The van der Waals surface area contributed by atoms with E-state index in [9.17, 15) is 0 Å². The molecule has 0 aliphatic carbocycles. The quantitative estimate of drug-likeness (QED) is 0.592. The summed E-state index contributed by atoms with van der Waals surface area (Å²) in [5.41, 5.74) is 0. The van der Waals surface area contributed by atoms with Crippen molar-refractivity contribution in [1.82, 2.24) is 0 Å². The Hall–Kier alpha value is -0.383. The molecule has 0 heterocycles. The fraction of sp³-hybridized carbons (Fsp3) is 0.667. The lowest BCUT2D eigenvalue weighted by atomic mass is 10.5. The van der Waals surface area contributed by atoms with Gasteiger partial charge >= 0.3 is 8.56 Å². The van der Waals surface area contributed by atoms with Crippen LogP contribution in [0.2, 0.25) is 0 Å². The lowest BCUT2D eigenvalue weighted by molar-refractivity contribution is 0.183. The maximum atomic E-state index is 5.92. The molecule has 88 valence electrons. The Bertz CT molecular complexity index is 200. The van der Waals surface area contributed by atoms with Crippen molar-refractivity contribution < 1.29 is 8.85 Å². The van der Waals surface area contributed by atoms with Gasteiger partial charge in [0.2, 0.25) is 0 Å². The first kappa shape index (κ1) is 14.6. The van der Waals surface area contributed by atoms with Crippen LogP contribution in [0.25, 0.3) is 0 Å². The molecule has 0 aliphatic rings. The van der Waals surface area contributed by atoms with E-state index in [1.807, 2.05) is 13.8 Å². The zero-order chi connectivity index (χ0) is 11.9. The zero-order valence-corrected chi connectivity index (χ0v) is 11.6. The highest BCUT2D eigenvalue weighted by Crippen LogP contribution is 2.24. The third kappa shape index (κ3) is 3.93. The number of hydrogen-bond acceptors (Lipinski definition) is 2. The van der Waals surface area contributed by atoms with Gasteiger partial charge in [-0.15, -0.1) is 0 Å². The summed E-state index contributed by atoms with van der Waals surface area (Å²) < 4.78 is 11.8. The van der Waals surface area contributed by atoms with E-state index < -0.39 is 8.56 Å². The third-order valence-electron chi connectivity index (χ3n) is 2.14. The molecule has 0 N–H and O–H groups in total. The van der Waals surface area contributed by atoms with E-state index in [2.05, 4.69) is 27.0 Å². The summed E-state index contributed by atoms with van der Waals surface area (Å²) in [6.07, 6.45) is 1.98. The summed E-state index contributed by atoms with van der Waals surface area (Å²) in [5, 5.41) is 1.99. The molecule has 0 spiro atoms. The van der Waals surface area contributed by atoms with E-state index in [1.54, 1.807) is 0 Å². The van der Waals surface area contributed by atoms with E-state index >= 15 is 0 Å². The molecule has 0 saturated heterocycles. The van der Waals surface area contributed by atoms with Gasteiger partial charge in [-0.2, -0.15) is 0 Å². The van der Waals surface area contributed by atoms with Crippen LogP contribution in [0.3, 0.4) is 0 Å². The van der Waals surface area contributed by atoms with Gasteiger partial charge in [-0.05, 0) is 37.1 Å². The highest BCUT2D eigenvalue weighted by Gasteiger charge is 2.40. The lowest BCUT2D eigenvalue weighted by Crippen LogP contribution is -2.45. The summed E-state index contributed by atoms with van der Waals surface area (Å²) in [5.74, 6) is 0. The fourth-order valence-electron chi connectivity index (χ4n) is 1.39. The van der Waals surface area contributed by atoms with Crippen LogP contribution in [0.5, 0.6) is 0 Å². The second-order valence-corrected chi connectivity index (χ2v) is 7.39. The molecule has 2 nitrogen and oxygen atoms in total. The number of allylic oxidation sites excluding steroid dienone is 2. The molecule has 0 fully saturated rings. The van der Waals surface area contributed by atoms with Gasteiger partial charge in [0, 0.05) is 13.2 Å². The Balaban J connectivity index is 4.73. The molecule has 0 unspecified atom stereocenters. The van der Waals surface area contributed by atoms with Crippen molar-refractivity contribution >= 4 is 8.56 Å². The largest absolute Gasteiger partial charge is 0.397 e. The standard InChI is InChI=1S/C12H24O2Si/c1-7-9-13-15(11(3)4,12(5)6)14-10-8-2/h3,5,7-10H2,1-2,4,6H3. The van der Waals surface area contributed by atoms with E-state index in [0.29, 0.717) is 0 Å². The molecule has 0 saturated carbocycles. The molecule has 0 aromatic rings. The van der Waals surface area contributed by atoms with Gasteiger partial charge in [0.05, 0.1) is 0 Å². The van der Waals surface area contributed by atoms with E-state index in [0.717, 1.165) is 36.4 Å². The van der Waals surface area contributed by atoms with Crippen molar-refractivity contribution in [2.24, 2.45) is 0 Å².